The average molecular weight is 809 g/mol. The molecule has 4 aromatic carbocycles. The number of aryl methyl sites for hydroxylation is 1. The smallest absolute Gasteiger partial charge is 0.260 e. The number of unbranched alkanes of at least 4 members (excludes halogenated alkanes) is 2. The Morgan fingerprint density at radius 1 is 0.667 bits per heavy atom. The van der Waals surface area contributed by atoms with Gasteiger partial charge in [-0.15, -0.1) is 0 Å². The van der Waals surface area contributed by atoms with E-state index >= 15 is 0 Å². The van der Waals surface area contributed by atoms with E-state index in [1.807, 2.05) is 80.3 Å². The number of carbonyl (C=O) groups excluding carboxylic acids is 2. The summed E-state index contributed by atoms with van der Waals surface area (Å²) in [7, 11) is 5.69. The number of methoxy groups -OCH3 is 1. The van der Waals surface area contributed by atoms with E-state index in [-0.39, 0.29) is 23.9 Å². The summed E-state index contributed by atoms with van der Waals surface area (Å²) in [6.45, 7) is 4.60. The van der Waals surface area contributed by atoms with Crippen LogP contribution in [0.4, 0.5) is 17.1 Å². The van der Waals surface area contributed by atoms with Crippen LogP contribution in [0.15, 0.2) is 95.2 Å². The number of anilines is 1. The molecule has 0 radical (unpaired) electrons. The first-order chi connectivity index (χ1) is 29.1. The third-order valence-electron chi connectivity index (χ3n) is 11.3. The van der Waals surface area contributed by atoms with E-state index in [0.29, 0.717) is 72.4 Å². The average Bonchev–Trinajstić information content (AvgIpc) is 3.83. The summed E-state index contributed by atoms with van der Waals surface area (Å²) >= 11 is 0. The number of nitrogens with zero attached hydrogens (tertiary/aromatic N) is 5. The van der Waals surface area contributed by atoms with Gasteiger partial charge in [0.25, 0.3) is 11.8 Å². The van der Waals surface area contributed by atoms with Gasteiger partial charge in [-0.3, -0.25) is 19.6 Å². The third kappa shape index (κ3) is 8.79. The number of hydrogen-bond acceptors (Lipinski definition) is 10. The van der Waals surface area contributed by atoms with Crippen molar-refractivity contribution in [1.82, 2.24) is 14.7 Å². The molecule has 4 aromatic rings. The molecule has 2 atom stereocenters. The normalized spacial score (nSPS) is 17.7. The van der Waals surface area contributed by atoms with Gasteiger partial charge in [0.2, 0.25) is 0 Å². The molecule has 0 saturated carbocycles. The van der Waals surface area contributed by atoms with E-state index in [2.05, 4.69) is 31.1 Å². The molecule has 0 aromatic heterocycles. The van der Waals surface area contributed by atoms with Crippen molar-refractivity contribution >= 4 is 52.5 Å². The van der Waals surface area contributed by atoms with Gasteiger partial charge in [0, 0.05) is 62.0 Å². The molecule has 0 saturated heterocycles. The van der Waals surface area contributed by atoms with Crippen LogP contribution in [0.5, 0.6) is 23.0 Å². The molecule has 8 rings (SSSR count). The van der Waals surface area contributed by atoms with E-state index in [1.165, 1.54) is 0 Å². The van der Waals surface area contributed by atoms with Crippen LogP contribution in [0.2, 0.25) is 0 Å². The first kappa shape index (κ1) is 40.4. The fourth-order valence-corrected chi connectivity index (χ4v) is 7.93. The van der Waals surface area contributed by atoms with E-state index in [4.69, 9.17) is 34.7 Å². The van der Waals surface area contributed by atoms with Crippen molar-refractivity contribution in [2.45, 2.75) is 57.5 Å². The highest BCUT2D eigenvalue weighted by Gasteiger charge is 2.35. The van der Waals surface area contributed by atoms with Crippen LogP contribution in [0.1, 0.15) is 75.9 Å². The largest absolute Gasteiger partial charge is 0.494 e. The molecule has 0 bridgehead atoms. The Morgan fingerprint density at radius 3 is 1.78 bits per heavy atom. The first-order valence-electron chi connectivity index (χ1n) is 20.7. The molecular formula is C48H52N6O6. The van der Waals surface area contributed by atoms with Crippen LogP contribution in [0.25, 0.3) is 11.1 Å². The molecule has 4 aliphatic rings. The first-order valence-corrected chi connectivity index (χ1v) is 20.7. The van der Waals surface area contributed by atoms with E-state index in [9.17, 15) is 9.59 Å². The molecule has 0 fully saturated rings. The van der Waals surface area contributed by atoms with Crippen molar-refractivity contribution in [1.29, 1.82) is 0 Å². The van der Waals surface area contributed by atoms with Crippen molar-refractivity contribution in [3.05, 3.63) is 113 Å². The molecule has 12 nitrogen and oxygen atoms in total. The Bertz CT molecular complexity index is 2370. The van der Waals surface area contributed by atoms with Gasteiger partial charge in [0.15, 0.2) is 11.5 Å². The van der Waals surface area contributed by atoms with E-state index in [1.54, 1.807) is 29.0 Å². The fourth-order valence-electron chi connectivity index (χ4n) is 7.93. The molecule has 0 aliphatic carbocycles. The minimum absolute atomic E-state index is 0.0657. The summed E-state index contributed by atoms with van der Waals surface area (Å²) in [5, 5.41) is 0. The Kier molecular flexibility index (Phi) is 12.0. The van der Waals surface area contributed by atoms with Crippen molar-refractivity contribution < 1.29 is 28.5 Å². The highest BCUT2D eigenvalue weighted by atomic mass is 16.5. The van der Waals surface area contributed by atoms with Crippen LogP contribution >= 0.6 is 0 Å². The number of aliphatic imine (C=N–C) groups is 2. The summed E-state index contributed by atoms with van der Waals surface area (Å²) in [6.07, 6.45) is 12.4. The van der Waals surface area contributed by atoms with Crippen molar-refractivity contribution in [3.8, 4) is 23.0 Å². The fraction of sp³-hybridized carbons (Fsp3) is 0.333. The summed E-state index contributed by atoms with van der Waals surface area (Å²) in [6, 6.07) is 22.7. The maximum atomic E-state index is 13.8. The van der Waals surface area contributed by atoms with Gasteiger partial charge in [-0.25, -0.2) is 0 Å². The molecule has 4 heterocycles. The summed E-state index contributed by atoms with van der Waals surface area (Å²) in [5.41, 5.74) is 13.9. The Balaban J connectivity index is 0.814. The number of rotatable bonds is 16. The lowest BCUT2D eigenvalue weighted by Gasteiger charge is -2.19. The number of amides is 2. The quantitative estimate of drug-likeness (QED) is 0.0881. The number of ether oxygens (including phenoxy) is 4. The van der Waals surface area contributed by atoms with Crippen molar-refractivity contribution in [3.63, 3.8) is 0 Å². The number of nitrogens with two attached hydrogens (primary N) is 1. The molecule has 0 unspecified atom stereocenters. The zero-order valence-electron chi connectivity index (χ0n) is 34.7. The van der Waals surface area contributed by atoms with E-state index < -0.39 is 0 Å². The third-order valence-corrected chi connectivity index (χ3v) is 11.3. The lowest BCUT2D eigenvalue weighted by atomic mass is 10.0. The highest BCUT2D eigenvalue weighted by molar-refractivity contribution is 6.06. The number of hydrogen-bond donors (Lipinski definition) is 1. The Morgan fingerprint density at radius 2 is 1.20 bits per heavy atom. The van der Waals surface area contributed by atoms with Crippen molar-refractivity contribution in [2.75, 3.05) is 53.3 Å². The van der Waals surface area contributed by atoms with Crippen LogP contribution in [-0.4, -0.2) is 98.6 Å². The van der Waals surface area contributed by atoms with Crippen LogP contribution in [0.3, 0.4) is 0 Å². The van der Waals surface area contributed by atoms with Gasteiger partial charge in [-0.1, -0.05) is 24.3 Å². The van der Waals surface area contributed by atoms with Gasteiger partial charge < -0.3 is 39.4 Å². The zero-order valence-corrected chi connectivity index (χ0v) is 34.7. The molecule has 60 heavy (non-hydrogen) atoms. The van der Waals surface area contributed by atoms with Gasteiger partial charge in [-0.2, -0.15) is 0 Å². The van der Waals surface area contributed by atoms with Gasteiger partial charge in [0.1, 0.15) is 11.5 Å². The molecule has 2 amide bonds. The molecule has 310 valence electrons. The maximum absolute atomic E-state index is 13.8. The lowest BCUT2D eigenvalue weighted by molar-refractivity contribution is 0.0809. The Labute approximate surface area is 351 Å². The van der Waals surface area contributed by atoms with Crippen molar-refractivity contribution in [2.24, 2.45) is 9.98 Å². The van der Waals surface area contributed by atoms with Crippen LogP contribution in [0, 0.1) is 6.92 Å². The highest BCUT2D eigenvalue weighted by Crippen LogP contribution is 2.41. The number of carbonyl (C=O) groups is 2. The lowest BCUT2D eigenvalue weighted by Crippen LogP contribution is -2.32. The monoisotopic (exact) mass is 808 g/mol. The molecular weight excluding hydrogens is 757 g/mol. The number of fused-ring (bicyclic) bond motifs is 4. The standard InChI is InChI=1S/C48H52N6O6/c1-31-21-40-42(50-27-37-23-35(30-53(37)47(40)55)33-11-15-39(16-12-33)58-20-8-17-52(2)3)25-44(31)59-18-6-5-7-19-60-46-26-43-41(24-45(46)57-4)48(56)54-29-34(22-38(54)28-51-43)32-9-13-36(49)14-10-32/h9-16,21,24-30,37-38H,5-8,17-20,22-23,49H2,1-4H3/t37-,38-/m0/s1. The molecule has 0 spiro atoms. The number of benzene rings is 4. The minimum atomic E-state index is -0.178. The summed E-state index contributed by atoms with van der Waals surface area (Å²) in [4.78, 5) is 42.7. The zero-order chi connectivity index (χ0) is 41.8. The van der Waals surface area contributed by atoms with Gasteiger partial charge >= 0.3 is 0 Å². The molecule has 4 aliphatic heterocycles. The van der Waals surface area contributed by atoms with Crippen LogP contribution < -0.4 is 24.7 Å². The maximum Gasteiger partial charge on any atom is 0.260 e. The topological polar surface area (TPSA) is 132 Å². The Hall–Kier alpha value is -6.40. The predicted molar refractivity (Wildman–Crippen MR) is 236 cm³/mol. The number of nitrogen functional groups attached to an aromatic ring is 1. The van der Waals surface area contributed by atoms with Gasteiger partial charge in [-0.05, 0) is 111 Å². The summed E-state index contributed by atoms with van der Waals surface area (Å²) < 4.78 is 23.9. The predicted octanol–water partition coefficient (Wildman–Crippen LogP) is 8.49. The molecule has 12 heteroatoms. The SMILES string of the molecule is COc1cc2c(cc1OCCCCCOc1cc3c(cc1C)C(=O)N1C=C(c4ccc(OCCCN(C)C)cc4)C[C@H]1C=N3)N=C[C@@H]1CC(c3ccc(N)cc3)=CN1C2=O. The molecule has 2 N–H and O–H groups in total. The minimum Gasteiger partial charge on any atom is -0.494 e. The van der Waals surface area contributed by atoms with Gasteiger partial charge in [0.05, 0.1) is 61.5 Å². The van der Waals surface area contributed by atoms with E-state index in [0.717, 1.165) is 71.6 Å². The van der Waals surface area contributed by atoms with Crippen LogP contribution in [-0.2, 0) is 0 Å². The second-order valence-corrected chi connectivity index (χ2v) is 15.9. The second kappa shape index (κ2) is 17.8. The second-order valence-electron chi connectivity index (χ2n) is 15.9. The summed E-state index contributed by atoms with van der Waals surface area (Å²) in [5.74, 6) is 2.40.